The molecule has 0 amide bonds. The van der Waals surface area contributed by atoms with Crippen LogP contribution >= 0.6 is 0 Å². The van der Waals surface area contributed by atoms with E-state index in [1.807, 2.05) is 0 Å². The molecule has 10 heteroatoms. The summed E-state index contributed by atoms with van der Waals surface area (Å²) >= 11 is 0. The van der Waals surface area contributed by atoms with Gasteiger partial charge in [0, 0.05) is 23.1 Å². The fourth-order valence-electron chi connectivity index (χ4n) is 5.62. The van der Waals surface area contributed by atoms with Crippen molar-refractivity contribution in [3.8, 4) is 11.5 Å². The highest BCUT2D eigenvalue weighted by molar-refractivity contribution is 6.41. The van der Waals surface area contributed by atoms with Crippen LogP contribution in [0.4, 0.5) is 0 Å². The van der Waals surface area contributed by atoms with E-state index in [0.717, 1.165) is 0 Å². The number of ketones is 2. The molecule has 2 aromatic rings. The number of Topliss-reactive ketones (excluding diaryl/α,β-unsaturated/α-hetero) is 2. The number of phenols is 1. The van der Waals surface area contributed by atoms with Crippen LogP contribution in [0.5, 0.6) is 11.5 Å². The van der Waals surface area contributed by atoms with Crippen LogP contribution in [0.1, 0.15) is 63.9 Å². The van der Waals surface area contributed by atoms with Crippen LogP contribution in [-0.2, 0) is 14.3 Å². The number of carbonyl (C=O) groups is 3. The summed E-state index contributed by atoms with van der Waals surface area (Å²) in [6, 6.07) is 6.96. The second-order valence-electron chi connectivity index (χ2n) is 9.86. The van der Waals surface area contributed by atoms with Gasteiger partial charge in [0.2, 0.25) is 18.3 Å². The number of nitrogens with zero attached hydrogens (tertiary/aromatic N) is 1. The van der Waals surface area contributed by atoms with Crippen LogP contribution in [0.15, 0.2) is 36.0 Å². The number of hydrogen-bond acceptors (Lipinski definition) is 10. The second-order valence-corrected chi connectivity index (χ2v) is 9.86. The molecule has 3 heterocycles. The van der Waals surface area contributed by atoms with Crippen molar-refractivity contribution in [2.24, 2.45) is 0 Å². The van der Waals surface area contributed by atoms with Gasteiger partial charge in [-0.05, 0) is 44.5 Å². The summed E-state index contributed by atoms with van der Waals surface area (Å²) in [7, 11) is 0. The Hall–Kier alpha value is -3.73. The summed E-state index contributed by atoms with van der Waals surface area (Å²) in [6.07, 6.45) is -4.87. The standard InChI is InChI=1S/C27H25NO9/c1-10-7-14-19(15(29)8-10)21-22(28-11(2)27(34)37-26(14)28)25(33)20-13(24(21)32)5-4-6-17(20)36-18-9-16(30)23(31)12(3)35-18/h4-8,11-12,16,18,23,26,29-31H,9H2,1-3H3/t11-,12-,16+,18-,23-,26-/m0/s1. The van der Waals surface area contributed by atoms with E-state index in [0.29, 0.717) is 11.1 Å². The van der Waals surface area contributed by atoms with Gasteiger partial charge < -0.3 is 34.4 Å². The Morgan fingerprint density at radius 2 is 1.81 bits per heavy atom. The number of aliphatic hydroxyl groups is 2. The van der Waals surface area contributed by atoms with Crippen molar-refractivity contribution < 1.29 is 43.9 Å². The number of ether oxygens (including phenoxy) is 3. The highest BCUT2D eigenvalue weighted by Gasteiger charge is 2.52. The van der Waals surface area contributed by atoms with Gasteiger partial charge in [-0.1, -0.05) is 12.1 Å². The van der Waals surface area contributed by atoms with Crippen LogP contribution in [0.25, 0.3) is 5.57 Å². The molecule has 0 radical (unpaired) electrons. The lowest BCUT2D eigenvalue weighted by Gasteiger charge is -2.39. The van der Waals surface area contributed by atoms with E-state index < -0.39 is 54.4 Å². The Balaban J connectivity index is 1.50. The average Bonchev–Trinajstić information content (AvgIpc) is 3.14. The highest BCUT2D eigenvalue weighted by Crippen LogP contribution is 2.52. The number of benzene rings is 2. The summed E-state index contributed by atoms with van der Waals surface area (Å²) in [5.41, 5.74) is 1.33. The van der Waals surface area contributed by atoms with Crippen LogP contribution < -0.4 is 4.74 Å². The molecule has 2 saturated heterocycles. The molecule has 3 N–H and O–H groups in total. The number of allylic oxidation sites excluding steroid dienone is 2. The molecule has 0 saturated carbocycles. The van der Waals surface area contributed by atoms with Gasteiger partial charge in [-0.15, -0.1) is 0 Å². The zero-order valence-electron chi connectivity index (χ0n) is 20.3. The summed E-state index contributed by atoms with van der Waals surface area (Å²) in [5, 5.41) is 31.0. The zero-order valence-corrected chi connectivity index (χ0v) is 20.3. The third kappa shape index (κ3) is 3.33. The summed E-state index contributed by atoms with van der Waals surface area (Å²) in [4.78, 5) is 42.1. The number of phenolic OH excluding ortho intramolecular Hbond substituents is 1. The Kier molecular flexibility index (Phi) is 5.20. The first-order valence-electron chi connectivity index (χ1n) is 12.1. The first-order valence-corrected chi connectivity index (χ1v) is 12.1. The smallest absolute Gasteiger partial charge is 0.330 e. The van der Waals surface area contributed by atoms with E-state index in [1.54, 1.807) is 32.9 Å². The predicted octanol–water partition coefficient (Wildman–Crippen LogP) is 1.99. The lowest BCUT2D eigenvalue weighted by molar-refractivity contribution is -0.216. The molecule has 10 nitrogen and oxygen atoms in total. The van der Waals surface area contributed by atoms with Gasteiger partial charge in [-0.2, -0.15) is 0 Å². The largest absolute Gasteiger partial charge is 0.507 e. The Morgan fingerprint density at radius 3 is 2.54 bits per heavy atom. The summed E-state index contributed by atoms with van der Waals surface area (Å²) in [6.45, 7) is 4.95. The number of aliphatic hydroxyl groups excluding tert-OH is 2. The quantitative estimate of drug-likeness (QED) is 0.517. The second kappa shape index (κ2) is 8.14. The van der Waals surface area contributed by atoms with Crippen LogP contribution in [-0.4, -0.2) is 68.4 Å². The number of esters is 1. The van der Waals surface area contributed by atoms with Gasteiger partial charge in [0.25, 0.3) is 0 Å². The molecule has 0 spiro atoms. The predicted molar refractivity (Wildman–Crippen MR) is 127 cm³/mol. The third-order valence-corrected chi connectivity index (χ3v) is 7.42. The number of hydrogen-bond donors (Lipinski definition) is 3. The summed E-state index contributed by atoms with van der Waals surface area (Å²) < 4.78 is 17.2. The van der Waals surface area contributed by atoms with Gasteiger partial charge in [0.05, 0.1) is 23.3 Å². The van der Waals surface area contributed by atoms with Crippen molar-refractivity contribution in [3.63, 3.8) is 0 Å². The molecule has 2 fully saturated rings. The molecule has 2 aromatic carbocycles. The third-order valence-electron chi connectivity index (χ3n) is 7.42. The number of fused-ring (bicyclic) bond motifs is 6. The fourth-order valence-corrected chi connectivity index (χ4v) is 5.62. The number of rotatable bonds is 2. The van der Waals surface area contributed by atoms with E-state index in [9.17, 15) is 29.7 Å². The van der Waals surface area contributed by atoms with E-state index in [-0.39, 0.29) is 45.9 Å². The minimum Gasteiger partial charge on any atom is -0.507 e. The minimum atomic E-state index is -1.09. The lowest BCUT2D eigenvalue weighted by atomic mass is 9.78. The first kappa shape index (κ1) is 23.7. The maximum Gasteiger partial charge on any atom is 0.330 e. The molecule has 1 aliphatic carbocycles. The maximum absolute atomic E-state index is 14.1. The Bertz CT molecular complexity index is 1400. The molecule has 6 rings (SSSR count). The normalized spacial score (nSPS) is 30.4. The van der Waals surface area contributed by atoms with Gasteiger partial charge in [0.1, 0.15) is 29.3 Å². The molecule has 192 valence electrons. The SMILES string of the molecule is Cc1cc(O)c2c(c1)[C@@H]1OC(=O)[C@H](C)N1C1=C2C(=O)c2cccc(O[C@H]3C[C@@H](O)[C@@H](O)[C@H](C)O3)c2C1=O. The highest BCUT2D eigenvalue weighted by atomic mass is 16.7. The summed E-state index contributed by atoms with van der Waals surface area (Å²) in [5.74, 6) is -1.75. The molecule has 0 bridgehead atoms. The zero-order chi connectivity index (χ0) is 26.3. The van der Waals surface area contributed by atoms with Crippen LogP contribution in [0.2, 0.25) is 0 Å². The Morgan fingerprint density at radius 1 is 1.05 bits per heavy atom. The van der Waals surface area contributed by atoms with Gasteiger partial charge in [-0.3, -0.25) is 9.59 Å². The van der Waals surface area contributed by atoms with Gasteiger partial charge in [0.15, 0.2) is 5.78 Å². The molecular formula is C27H25NO9. The van der Waals surface area contributed by atoms with Crippen LogP contribution in [0.3, 0.4) is 0 Å². The Labute approximate surface area is 211 Å². The van der Waals surface area contributed by atoms with Crippen molar-refractivity contribution in [1.29, 1.82) is 0 Å². The van der Waals surface area contributed by atoms with Crippen molar-refractivity contribution >= 4 is 23.1 Å². The number of carbonyl (C=O) groups excluding carboxylic acids is 3. The van der Waals surface area contributed by atoms with E-state index in [4.69, 9.17) is 14.2 Å². The molecule has 37 heavy (non-hydrogen) atoms. The first-order chi connectivity index (χ1) is 17.6. The topological polar surface area (TPSA) is 143 Å². The van der Waals surface area contributed by atoms with E-state index in [1.165, 1.54) is 23.1 Å². The van der Waals surface area contributed by atoms with E-state index >= 15 is 0 Å². The van der Waals surface area contributed by atoms with Gasteiger partial charge >= 0.3 is 5.97 Å². The number of aromatic hydroxyl groups is 1. The molecule has 4 aliphatic rings. The molecule has 3 aliphatic heterocycles. The van der Waals surface area contributed by atoms with E-state index in [2.05, 4.69) is 0 Å². The van der Waals surface area contributed by atoms with Crippen LogP contribution in [0, 0.1) is 6.92 Å². The number of aryl methyl sites for hydroxylation is 1. The van der Waals surface area contributed by atoms with Gasteiger partial charge in [-0.25, -0.2) is 4.79 Å². The monoisotopic (exact) mass is 507 g/mol. The van der Waals surface area contributed by atoms with Crippen molar-refractivity contribution in [2.45, 2.75) is 64.1 Å². The molecule has 6 atom stereocenters. The minimum absolute atomic E-state index is 0.00429. The lowest BCUT2D eigenvalue weighted by Crippen LogP contribution is -2.48. The van der Waals surface area contributed by atoms with Crippen molar-refractivity contribution in [1.82, 2.24) is 4.90 Å². The molecule has 0 unspecified atom stereocenters. The molecule has 0 aromatic heterocycles. The van der Waals surface area contributed by atoms with Crippen molar-refractivity contribution in [2.75, 3.05) is 0 Å². The average molecular weight is 507 g/mol. The van der Waals surface area contributed by atoms with Crippen molar-refractivity contribution in [3.05, 3.63) is 63.8 Å². The molecular weight excluding hydrogens is 482 g/mol. The fraction of sp³-hybridized carbons (Fsp3) is 0.370. The maximum atomic E-state index is 14.1.